The molecule has 0 saturated carbocycles. The first-order chi connectivity index (χ1) is 14.8. The lowest BCUT2D eigenvalue weighted by molar-refractivity contribution is -0.155. The Hall–Kier alpha value is -4.01. The van der Waals surface area contributed by atoms with Crippen LogP contribution in [0.15, 0.2) is 61.2 Å². The lowest BCUT2D eigenvalue weighted by atomic mass is 10.1. The lowest BCUT2D eigenvalue weighted by Crippen LogP contribution is -2.26. The SMILES string of the molecule is CC(C)(C)OC(=O)Cn1cc(NC(=O)c2cnn3cccnc23)c(-c2ccccc2)n1. The second-order valence-electron chi connectivity index (χ2n) is 7.94. The molecule has 0 aliphatic rings. The fraction of sp³-hybridized carbons (Fsp3) is 0.227. The maximum absolute atomic E-state index is 13.0. The minimum atomic E-state index is -0.597. The van der Waals surface area contributed by atoms with Crippen LogP contribution in [0.5, 0.6) is 0 Å². The molecule has 158 valence electrons. The van der Waals surface area contributed by atoms with E-state index in [2.05, 4.69) is 20.5 Å². The molecule has 0 saturated heterocycles. The molecule has 1 amide bonds. The predicted octanol–water partition coefficient (Wildman–Crippen LogP) is 3.19. The number of ether oxygens (including phenoxy) is 1. The van der Waals surface area contributed by atoms with Crippen LogP contribution in [-0.2, 0) is 16.1 Å². The summed E-state index contributed by atoms with van der Waals surface area (Å²) in [7, 11) is 0. The Bertz CT molecular complexity index is 1240. The Balaban J connectivity index is 1.64. The summed E-state index contributed by atoms with van der Waals surface area (Å²) in [5.41, 5.74) is 2.00. The molecule has 3 heterocycles. The van der Waals surface area contributed by atoms with E-state index in [0.29, 0.717) is 22.6 Å². The van der Waals surface area contributed by atoms with E-state index in [9.17, 15) is 9.59 Å². The van der Waals surface area contributed by atoms with Gasteiger partial charge in [-0.25, -0.2) is 9.50 Å². The predicted molar refractivity (Wildman–Crippen MR) is 114 cm³/mol. The van der Waals surface area contributed by atoms with Gasteiger partial charge in [-0.1, -0.05) is 30.3 Å². The van der Waals surface area contributed by atoms with Crippen LogP contribution in [0, 0.1) is 0 Å². The number of benzene rings is 1. The summed E-state index contributed by atoms with van der Waals surface area (Å²) >= 11 is 0. The first kappa shape index (κ1) is 20.3. The smallest absolute Gasteiger partial charge is 0.328 e. The molecule has 0 spiro atoms. The van der Waals surface area contributed by atoms with Crippen molar-refractivity contribution in [2.75, 3.05) is 5.32 Å². The van der Waals surface area contributed by atoms with Crippen LogP contribution < -0.4 is 5.32 Å². The fourth-order valence-electron chi connectivity index (χ4n) is 3.09. The van der Waals surface area contributed by atoms with Gasteiger partial charge in [0.05, 0.1) is 11.9 Å². The van der Waals surface area contributed by atoms with Gasteiger partial charge in [0.1, 0.15) is 23.4 Å². The summed E-state index contributed by atoms with van der Waals surface area (Å²) in [6, 6.07) is 11.1. The Kier molecular flexibility index (Phi) is 5.24. The molecule has 31 heavy (non-hydrogen) atoms. The molecule has 1 N–H and O–H groups in total. The van der Waals surface area contributed by atoms with Crippen LogP contribution in [0.25, 0.3) is 16.9 Å². The van der Waals surface area contributed by atoms with Crippen molar-refractivity contribution in [3.05, 3.63) is 66.7 Å². The van der Waals surface area contributed by atoms with E-state index in [0.717, 1.165) is 5.56 Å². The highest BCUT2D eigenvalue weighted by Crippen LogP contribution is 2.27. The molecule has 9 nitrogen and oxygen atoms in total. The highest BCUT2D eigenvalue weighted by atomic mass is 16.6. The normalized spacial score (nSPS) is 11.5. The third-order valence-electron chi connectivity index (χ3n) is 4.29. The van der Waals surface area contributed by atoms with Crippen LogP contribution >= 0.6 is 0 Å². The molecule has 0 bridgehead atoms. The first-order valence-corrected chi connectivity index (χ1v) is 9.74. The maximum Gasteiger partial charge on any atom is 0.328 e. The molecule has 0 atom stereocenters. The molecular weight excluding hydrogens is 396 g/mol. The van der Waals surface area contributed by atoms with Crippen molar-refractivity contribution in [1.29, 1.82) is 0 Å². The van der Waals surface area contributed by atoms with Crippen molar-refractivity contribution in [2.24, 2.45) is 0 Å². The van der Waals surface area contributed by atoms with Gasteiger partial charge in [0.2, 0.25) is 0 Å². The van der Waals surface area contributed by atoms with Gasteiger partial charge in [-0.15, -0.1) is 0 Å². The highest BCUT2D eigenvalue weighted by Gasteiger charge is 2.21. The van der Waals surface area contributed by atoms with Crippen LogP contribution in [0.2, 0.25) is 0 Å². The average Bonchev–Trinajstić information content (AvgIpc) is 3.31. The number of fused-ring (bicyclic) bond motifs is 1. The van der Waals surface area contributed by atoms with Gasteiger partial charge >= 0.3 is 5.97 Å². The summed E-state index contributed by atoms with van der Waals surface area (Å²) in [6.07, 6.45) is 6.39. The Labute approximate surface area is 178 Å². The van der Waals surface area contributed by atoms with Crippen molar-refractivity contribution in [1.82, 2.24) is 24.4 Å². The zero-order valence-corrected chi connectivity index (χ0v) is 17.4. The molecule has 0 aliphatic heterocycles. The number of hydrogen-bond donors (Lipinski definition) is 1. The molecule has 0 unspecified atom stereocenters. The molecule has 1 aromatic carbocycles. The monoisotopic (exact) mass is 418 g/mol. The number of aromatic nitrogens is 5. The van der Waals surface area contributed by atoms with E-state index in [-0.39, 0.29) is 12.5 Å². The summed E-state index contributed by atoms with van der Waals surface area (Å²) in [5.74, 6) is -0.790. The fourth-order valence-corrected chi connectivity index (χ4v) is 3.09. The summed E-state index contributed by atoms with van der Waals surface area (Å²) in [4.78, 5) is 29.4. The van der Waals surface area contributed by atoms with Crippen LogP contribution in [-0.4, -0.2) is 41.9 Å². The number of carbonyl (C=O) groups is 2. The number of hydrogen-bond acceptors (Lipinski definition) is 6. The van der Waals surface area contributed by atoms with Gasteiger partial charge in [0.25, 0.3) is 5.91 Å². The van der Waals surface area contributed by atoms with Crippen LogP contribution in [0.3, 0.4) is 0 Å². The molecule has 3 aromatic heterocycles. The number of nitrogens with one attached hydrogen (secondary N) is 1. The van der Waals surface area contributed by atoms with E-state index in [1.54, 1.807) is 45.4 Å². The van der Waals surface area contributed by atoms with Gasteiger partial charge in [0, 0.05) is 24.2 Å². The van der Waals surface area contributed by atoms with Crippen molar-refractivity contribution in [3.63, 3.8) is 0 Å². The van der Waals surface area contributed by atoms with Gasteiger partial charge in [-0.2, -0.15) is 10.2 Å². The van der Waals surface area contributed by atoms with E-state index in [1.807, 2.05) is 30.3 Å². The summed E-state index contributed by atoms with van der Waals surface area (Å²) in [5, 5.41) is 11.5. The quantitative estimate of drug-likeness (QED) is 0.499. The third-order valence-corrected chi connectivity index (χ3v) is 4.29. The van der Waals surface area contributed by atoms with Gasteiger partial charge in [-0.3, -0.25) is 14.3 Å². The minimum Gasteiger partial charge on any atom is -0.459 e. The first-order valence-electron chi connectivity index (χ1n) is 9.74. The van der Waals surface area contributed by atoms with Crippen molar-refractivity contribution in [3.8, 4) is 11.3 Å². The largest absolute Gasteiger partial charge is 0.459 e. The number of esters is 1. The van der Waals surface area contributed by atoms with E-state index in [4.69, 9.17) is 4.74 Å². The number of carbonyl (C=O) groups excluding carboxylic acids is 2. The van der Waals surface area contributed by atoms with Crippen molar-refractivity contribution >= 4 is 23.2 Å². The van der Waals surface area contributed by atoms with Gasteiger partial charge < -0.3 is 10.1 Å². The zero-order valence-electron chi connectivity index (χ0n) is 17.4. The van der Waals surface area contributed by atoms with Crippen molar-refractivity contribution < 1.29 is 14.3 Å². The van der Waals surface area contributed by atoms with E-state index < -0.39 is 11.6 Å². The average molecular weight is 418 g/mol. The summed E-state index contributed by atoms with van der Waals surface area (Å²) in [6.45, 7) is 5.34. The number of rotatable bonds is 5. The number of amides is 1. The number of anilines is 1. The van der Waals surface area contributed by atoms with Crippen LogP contribution in [0.4, 0.5) is 5.69 Å². The van der Waals surface area contributed by atoms with Gasteiger partial charge in [0.15, 0.2) is 5.65 Å². The third kappa shape index (κ3) is 4.61. The maximum atomic E-state index is 13.0. The topological polar surface area (TPSA) is 103 Å². The van der Waals surface area contributed by atoms with Crippen LogP contribution in [0.1, 0.15) is 31.1 Å². The molecule has 0 fully saturated rings. The van der Waals surface area contributed by atoms with E-state index in [1.165, 1.54) is 15.4 Å². The second kappa shape index (κ2) is 8.02. The molecule has 4 aromatic rings. The van der Waals surface area contributed by atoms with Crippen molar-refractivity contribution in [2.45, 2.75) is 32.9 Å². The summed E-state index contributed by atoms with van der Waals surface area (Å²) < 4.78 is 8.36. The molecule has 0 aliphatic carbocycles. The Morgan fingerprint density at radius 2 is 1.90 bits per heavy atom. The van der Waals surface area contributed by atoms with Gasteiger partial charge in [-0.05, 0) is 26.8 Å². The molecule has 9 heteroatoms. The lowest BCUT2D eigenvalue weighted by Gasteiger charge is -2.19. The highest BCUT2D eigenvalue weighted by molar-refractivity contribution is 6.09. The molecule has 4 rings (SSSR count). The number of nitrogens with zero attached hydrogens (tertiary/aromatic N) is 5. The molecule has 0 radical (unpaired) electrons. The molecular formula is C22H22N6O3. The second-order valence-corrected chi connectivity index (χ2v) is 7.94. The standard InChI is InChI=1S/C22H22N6O3/c1-22(2,3)31-18(29)14-27-13-17(19(26-27)15-8-5-4-6-9-15)25-21(30)16-12-24-28-11-7-10-23-20(16)28/h4-13H,14H2,1-3H3,(H,25,30). The minimum absolute atomic E-state index is 0.0781. The van der Waals surface area contributed by atoms with E-state index >= 15 is 0 Å². The zero-order chi connectivity index (χ0) is 22.0. The Morgan fingerprint density at radius 1 is 1.13 bits per heavy atom. The Morgan fingerprint density at radius 3 is 2.65 bits per heavy atom.